The first kappa shape index (κ1) is 6.30. The number of aryl methyl sites for hydroxylation is 1. The fourth-order valence-corrected chi connectivity index (χ4v) is 1.67. The predicted octanol–water partition coefficient (Wildman–Crippen LogP) is 2.97. The standard InChI is InChI=1S/C11H13N/c1-3-12-9(2)8-10-6-4-5-7-11(10)12/h4-8H,3H2,1-2H3/i8D. The summed E-state index contributed by atoms with van der Waals surface area (Å²) < 4.78 is 10.1. The quantitative estimate of drug-likeness (QED) is 0.604. The first-order valence-corrected chi connectivity index (χ1v) is 4.30. The number of aromatic nitrogens is 1. The Hall–Kier alpha value is -1.24. The van der Waals surface area contributed by atoms with Crippen molar-refractivity contribution in [3.8, 4) is 0 Å². The van der Waals surface area contributed by atoms with Gasteiger partial charge in [0.05, 0.1) is 1.37 Å². The lowest BCUT2D eigenvalue weighted by Crippen LogP contribution is -1.94. The Morgan fingerprint density at radius 3 is 2.92 bits per heavy atom. The van der Waals surface area contributed by atoms with Crippen molar-refractivity contribution in [2.75, 3.05) is 0 Å². The van der Waals surface area contributed by atoms with E-state index in [4.69, 9.17) is 1.37 Å². The first-order chi connectivity index (χ1) is 6.25. The van der Waals surface area contributed by atoms with E-state index in [1.165, 1.54) is 5.52 Å². The molecule has 0 saturated carbocycles. The molecule has 0 saturated heterocycles. The summed E-state index contributed by atoms with van der Waals surface area (Å²) in [7, 11) is 0. The van der Waals surface area contributed by atoms with E-state index in [0.717, 1.165) is 17.6 Å². The molecule has 62 valence electrons. The summed E-state index contributed by atoms with van der Waals surface area (Å²) in [6, 6.07) is 8.76. The number of para-hydroxylation sites is 1. The number of benzene rings is 1. The van der Waals surface area contributed by atoms with Gasteiger partial charge in [0.15, 0.2) is 0 Å². The molecule has 0 radical (unpaired) electrons. The highest BCUT2D eigenvalue weighted by Crippen LogP contribution is 2.18. The maximum atomic E-state index is 7.89. The van der Waals surface area contributed by atoms with Gasteiger partial charge in [-0.3, -0.25) is 0 Å². The van der Waals surface area contributed by atoms with E-state index in [2.05, 4.69) is 17.6 Å². The van der Waals surface area contributed by atoms with Crippen molar-refractivity contribution in [2.45, 2.75) is 20.4 Å². The van der Waals surface area contributed by atoms with E-state index in [1.54, 1.807) is 0 Å². The van der Waals surface area contributed by atoms with E-state index < -0.39 is 0 Å². The summed E-state index contributed by atoms with van der Waals surface area (Å²) in [4.78, 5) is 0. The molecule has 12 heavy (non-hydrogen) atoms. The van der Waals surface area contributed by atoms with Crippen LogP contribution in [0.25, 0.3) is 10.9 Å². The number of rotatable bonds is 1. The third-order valence-corrected chi connectivity index (χ3v) is 2.23. The van der Waals surface area contributed by atoms with Crippen LogP contribution in [0.1, 0.15) is 14.0 Å². The van der Waals surface area contributed by atoms with Crippen molar-refractivity contribution >= 4 is 10.9 Å². The Morgan fingerprint density at radius 1 is 1.42 bits per heavy atom. The molecule has 0 N–H and O–H groups in total. The minimum absolute atomic E-state index is 0.664. The van der Waals surface area contributed by atoms with Crippen LogP contribution < -0.4 is 0 Å². The Bertz CT molecular complexity index is 443. The summed E-state index contributed by atoms with van der Waals surface area (Å²) >= 11 is 0. The average Bonchev–Trinajstić information content (AvgIpc) is 2.41. The van der Waals surface area contributed by atoms with Gasteiger partial charge in [0.1, 0.15) is 0 Å². The third kappa shape index (κ3) is 0.934. The molecule has 0 aliphatic heterocycles. The molecule has 1 nitrogen and oxygen atoms in total. The lowest BCUT2D eigenvalue weighted by Gasteiger charge is -2.02. The van der Waals surface area contributed by atoms with Crippen LogP contribution >= 0.6 is 0 Å². The number of hydrogen-bond donors (Lipinski definition) is 0. The zero-order valence-corrected chi connectivity index (χ0v) is 7.46. The Morgan fingerprint density at radius 2 is 2.17 bits per heavy atom. The second-order valence-electron chi connectivity index (χ2n) is 2.97. The van der Waals surface area contributed by atoms with Crippen LogP contribution in [0.15, 0.2) is 30.3 Å². The van der Waals surface area contributed by atoms with Crippen molar-refractivity contribution in [3.63, 3.8) is 0 Å². The van der Waals surface area contributed by atoms with Crippen molar-refractivity contribution in [3.05, 3.63) is 36.0 Å². The molecular formula is C11H13N. The zero-order valence-electron chi connectivity index (χ0n) is 8.46. The minimum atomic E-state index is 0.664. The molecule has 1 aromatic carbocycles. The van der Waals surface area contributed by atoms with E-state index in [9.17, 15) is 0 Å². The van der Waals surface area contributed by atoms with Crippen LogP contribution in [0, 0.1) is 6.92 Å². The molecule has 0 unspecified atom stereocenters. The molecule has 0 atom stereocenters. The van der Waals surface area contributed by atoms with Gasteiger partial charge >= 0.3 is 0 Å². The van der Waals surface area contributed by atoms with Gasteiger partial charge in [-0.15, -0.1) is 0 Å². The Balaban J connectivity index is 2.90. The maximum Gasteiger partial charge on any atom is 0.0648 e. The van der Waals surface area contributed by atoms with Crippen LogP contribution in [-0.2, 0) is 6.54 Å². The van der Waals surface area contributed by atoms with Crippen molar-refractivity contribution in [1.82, 2.24) is 4.57 Å². The van der Waals surface area contributed by atoms with Gasteiger partial charge in [0.2, 0.25) is 0 Å². The maximum absolute atomic E-state index is 7.89. The first-order valence-electron chi connectivity index (χ1n) is 4.80. The molecule has 0 spiro atoms. The van der Waals surface area contributed by atoms with Gasteiger partial charge in [-0.05, 0) is 31.3 Å². The summed E-state index contributed by atoms with van der Waals surface area (Å²) in [6.07, 6.45) is 0. The highest BCUT2D eigenvalue weighted by molar-refractivity contribution is 5.81. The fourth-order valence-electron chi connectivity index (χ4n) is 1.67. The van der Waals surface area contributed by atoms with Crippen molar-refractivity contribution < 1.29 is 1.37 Å². The van der Waals surface area contributed by atoms with Crippen molar-refractivity contribution in [1.29, 1.82) is 0 Å². The molecule has 0 fully saturated rings. The normalized spacial score (nSPS) is 12.0. The monoisotopic (exact) mass is 160 g/mol. The number of hydrogen-bond acceptors (Lipinski definition) is 0. The smallest absolute Gasteiger partial charge is 0.0648 e. The molecule has 2 rings (SSSR count). The largest absolute Gasteiger partial charge is 0.345 e. The summed E-state index contributed by atoms with van der Waals surface area (Å²) in [6.45, 7) is 5.05. The summed E-state index contributed by atoms with van der Waals surface area (Å²) in [5.41, 5.74) is 2.23. The van der Waals surface area contributed by atoms with Gasteiger partial charge in [-0.25, -0.2) is 0 Å². The molecule has 0 aliphatic rings. The molecule has 0 bridgehead atoms. The highest BCUT2D eigenvalue weighted by Gasteiger charge is 2.01. The molecule has 0 amide bonds. The van der Waals surface area contributed by atoms with Gasteiger partial charge in [0.25, 0.3) is 0 Å². The van der Waals surface area contributed by atoms with Gasteiger partial charge in [-0.2, -0.15) is 0 Å². The third-order valence-electron chi connectivity index (χ3n) is 2.23. The minimum Gasteiger partial charge on any atom is -0.345 e. The van der Waals surface area contributed by atoms with Crippen LogP contribution in [-0.4, -0.2) is 4.57 Å². The predicted molar refractivity (Wildman–Crippen MR) is 52.3 cm³/mol. The number of nitrogens with zero attached hydrogens (tertiary/aromatic N) is 1. The Kier molecular flexibility index (Phi) is 1.40. The lowest BCUT2D eigenvalue weighted by atomic mass is 10.2. The van der Waals surface area contributed by atoms with Crippen LogP contribution in [0.5, 0.6) is 0 Å². The van der Waals surface area contributed by atoms with Gasteiger partial charge < -0.3 is 4.57 Å². The Labute approximate surface area is 74.0 Å². The van der Waals surface area contributed by atoms with E-state index in [-0.39, 0.29) is 0 Å². The van der Waals surface area contributed by atoms with Crippen LogP contribution in [0.2, 0.25) is 0 Å². The van der Waals surface area contributed by atoms with E-state index in [0.29, 0.717) is 6.04 Å². The molecule has 0 aliphatic carbocycles. The van der Waals surface area contributed by atoms with Gasteiger partial charge in [0, 0.05) is 17.8 Å². The van der Waals surface area contributed by atoms with Crippen LogP contribution in [0.3, 0.4) is 0 Å². The summed E-state index contributed by atoms with van der Waals surface area (Å²) in [5.74, 6) is 0. The molecule has 1 heterocycles. The SMILES string of the molecule is [2H]c1c(C)n(CC)c2ccccc12. The second-order valence-corrected chi connectivity index (χ2v) is 2.97. The highest BCUT2D eigenvalue weighted by atomic mass is 15.0. The molecule has 2 aromatic rings. The lowest BCUT2D eigenvalue weighted by molar-refractivity contribution is 0.770. The second kappa shape index (κ2) is 2.67. The van der Waals surface area contributed by atoms with E-state index in [1.807, 2.05) is 25.1 Å². The zero-order chi connectivity index (χ0) is 9.42. The van der Waals surface area contributed by atoms with Crippen molar-refractivity contribution in [2.24, 2.45) is 0 Å². The topological polar surface area (TPSA) is 4.93 Å². The summed E-state index contributed by atoms with van der Waals surface area (Å²) in [5, 5.41) is 1.06. The molecule has 1 aromatic heterocycles. The van der Waals surface area contributed by atoms with Gasteiger partial charge in [-0.1, -0.05) is 18.2 Å². The van der Waals surface area contributed by atoms with E-state index >= 15 is 0 Å². The average molecular weight is 160 g/mol. The molecule has 1 heteroatoms. The fraction of sp³-hybridized carbons (Fsp3) is 0.273. The molecular weight excluding hydrogens is 146 g/mol. The number of fused-ring (bicyclic) bond motifs is 1. The van der Waals surface area contributed by atoms with Crippen LogP contribution in [0.4, 0.5) is 0 Å².